The lowest BCUT2D eigenvalue weighted by Gasteiger charge is -2.24. The molecule has 0 rings (SSSR count). The zero-order valence-electron chi connectivity index (χ0n) is 9.81. The molecule has 0 fully saturated rings. The van der Waals surface area contributed by atoms with Crippen molar-refractivity contribution in [2.24, 2.45) is 5.92 Å². The molecule has 0 heterocycles. The van der Waals surface area contributed by atoms with Crippen LogP contribution in [-0.2, 0) is 8.85 Å². The van der Waals surface area contributed by atoms with E-state index in [1.807, 2.05) is 6.92 Å². The van der Waals surface area contributed by atoms with Crippen LogP contribution in [0.2, 0.25) is 13.1 Å². The molecule has 1 atom stereocenters. The second-order valence-electron chi connectivity index (χ2n) is 3.90. The first-order chi connectivity index (χ1) is 6.55. The lowest BCUT2D eigenvalue weighted by molar-refractivity contribution is 0.156. The van der Waals surface area contributed by atoms with Gasteiger partial charge in [0, 0.05) is 19.1 Å². The molecular weight excluding hydrogens is 216 g/mol. The van der Waals surface area contributed by atoms with Gasteiger partial charge >= 0.3 is 8.56 Å². The van der Waals surface area contributed by atoms with Crippen LogP contribution in [0.25, 0.3) is 0 Å². The molecule has 86 valence electrons. The van der Waals surface area contributed by atoms with Gasteiger partial charge in [0.05, 0.1) is 0 Å². The first-order valence-corrected chi connectivity index (χ1v) is 8.74. The van der Waals surface area contributed by atoms with Crippen LogP contribution in [0.15, 0.2) is 0 Å². The zero-order chi connectivity index (χ0) is 11.0. The monoisotopic (exact) mass is 238 g/mol. The molecule has 0 amide bonds. The molecule has 0 N–H and O–H groups in total. The van der Waals surface area contributed by atoms with E-state index >= 15 is 0 Å². The summed E-state index contributed by atoms with van der Waals surface area (Å²) in [7, 11) is -1.85. The second kappa shape index (κ2) is 7.68. The minimum atomic E-state index is -1.85. The van der Waals surface area contributed by atoms with Gasteiger partial charge in [-0.2, -0.15) is 0 Å². The van der Waals surface area contributed by atoms with Gasteiger partial charge < -0.3 is 8.85 Å². The topological polar surface area (TPSA) is 18.5 Å². The molecule has 0 saturated heterocycles. The molecule has 0 aromatic rings. The SMILES string of the molecule is CCO[Si](C)(C)OCC(CC)CCCl. The molecule has 0 aliphatic carbocycles. The van der Waals surface area contributed by atoms with E-state index in [0.717, 1.165) is 31.9 Å². The molecule has 0 aromatic heterocycles. The summed E-state index contributed by atoms with van der Waals surface area (Å²) in [6.07, 6.45) is 2.16. The van der Waals surface area contributed by atoms with Crippen molar-refractivity contribution in [2.45, 2.75) is 39.8 Å². The van der Waals surface area contributed by atoms with E-state index in [1.165, 1.54) is 0 Å². The summed E-state index contributed by atoms with van der Waals surface area (Å²) in [5.41, 5.74) is 0. The standard InChI is InChI=1S/C10H23ClO2Si/c1-5-10(7-8-11)9-13-14(3,4)12-6-2/h10H,5-9H2,1-4H3. The van der Waals surface area contributed by atoms with Crippen LogP contribution in [0.5, 0.6) is 0 Å². The van der Waals surface area contributed by atoms with E-state index in [-0.39, 0.29) is 0 Å². The highest BCUT2D eigenvalue weighted by Crippen LogP contribution is 2.14. The summed E-state index contributed by atoms with van der Waals surface area (Å²) in [4.78, 5) is 0. The second-order valence-corrected chi connectivity index (χ2v) is 7.65. The van der Waals surface area contributed by atoms with Gasteiger partial charge in [-0.15, -0.1) is 11.6 Å². The summed E-state index contributed by atoms with van der Waals surface area (Å²) in [5, 5.41) is 0. The summed E-state index contributed by atoms with van der Waals surface area (Å²) in [5.74, 6) is 1.30. The summed E-state index contributed by atoms with van der Waals surface area (Å²) >= 11 is 5.71. The maximum atomic E-state index is 5.83. The summed E-state index contributed by atoms with van der Waals surface area (Å²) in [6, 6.07) is 0. The fraction of sp³-hybridized carbons (Fsp3) is 1.00. The lowest BCUT2D eigenvalue weighted by Crippen LogP contribution is -2.36. The van der Waals surface area contributed by atoms with Gasteiger partial charge in [0.1, 0.15) is 0 Å². The minimum absolute atomic E-state index is 0.583. The normalized spacial score (nSPS) is 14.4. The average molecular weight is 239 g/mol. The molecule has 0 spiro atoms. The van der Waals surface area contributed by atoms with E-state index in [4.69, 9.17) is 20.5 Å². The smallest absolute Gasteiger partial charge is 0.331 e. The van der Waals surface area contributed by atoms with Crippen LogP contribution >= 0.6 is 11.6 Å². The van der Waals surface area contributed by atoms with Crippen molar-refractivity contribution in [3.05, 3.63) is 0 Å². The van der Waals surface area contributed by atoms with Crippen LogP contribution < -0.4 is 0 Å². The Labute approximate surface area is 94.2 Å². The maximum Gasteiger partial charge on any atom is 0.331 e. The Morgan fingerprint density at radius 3 is 2.29 bits per heavy atom. The predicted molar refractivity (Wildman–Crippen MR) is 64.2 cm³/mol. The van der Waals surface area contributed by atoms with Crippen molar-refractivity contribution in [2.75, 3.05) is 19.1 Å². The van der Waals surface area contributed by atoms with Gasteiger partial charge in [-0.1, -0.05) is 13.3 Å². The van der Waals surface area contributed by atoms with Crippen LogP contribution in [0.1, 0.15) is 26.7 Å². The van der Waals surface area contributed by atoms with Crippen molar-refractivity contribution >= 4 is 20.2 Å². The maximum absolute atomic E-state index is 5.83. The Morgan fingerprint density at radius 2 is 1.86 bits per heavy atom. The van der Waals surface area contributed by atoms with Crippen LogP contribution in [0.4, 0.5) is 0 Å². The summed E-state index contributed by atoms with van der Waals surface area (Å²) in [6.45, 7) is 9.89. The molecule has 2 nitrogen and oxygen atoms in total. The van der Waals surface area contributed by atoms with Crippen molar-refractivity contribution in [3.63, 3.8) is 0 Å². The Kier molecular flexibility index (Phi) is 7.92. The predicted octanol–water partition coefficient (Wildman–Crippen LogP) is 3.40. The lowest BCUT2D eigenvalue weighted by atomic mass is 10.1. The molecule has 14 heavy (non-hydrogen) atoms. The molecule has 0 radical (unpaired) electrons. The molecule has 0 saturated carbocycles. The Balaban J connectivity index is 3.76. The quantitative estimate of drug-likeness (QED) is 0.477. The van der Waals surface area contributed by atoms with Crippen molar-refractivity contribution in [1.29, 1.82) is 0 Å². The molecule has 4 heteroatoms. The van der Waals surface area contributed by atoms with E-state index in [9.17, 15) is 0 Å². The number of alkyl halides is 1. The third kappa shape index (κ3) is 6.82. The van der Waals surface area contributed by atoms with Gasteiger partial charge in [0.2, 0.25) is 0 Å². The van der Waals surface area contributed by atoms with Gasteiger partial charge in [-0.3, -0.25) is 0 Å². The Morgan fingerprint density at radius 1 is 1.21 bits per heavy atom. The molecule has 0 aliphatic rings. The fourth-order valence-corrected chi connectivity index (χ4v) is 2.99. The van der Waals surface area contributed by atoms with Crippen molar-refractivity contribution in [1.82, 2.24) is 0 Å². The zero-order valence-corrected chi connectivity index (χ0v) is 11.6. The summed E-state index contributed by atoms with van der Waals surface area (Å²) < 4.78 is 11.4. The van der Waals surface area contributed by atoms with Crippen LogP contribution in [-0.4, -0.2) is 27.7 Å². The van der Waals surface area contributed by atoms with Crippen molar-refractivity contribution in [3.8, 4) is 0 Å². The first-order valence-electron chi connectivity index (χ1n) is 5.39. The highest BCUT2D eigenvalue weighted by atomic mass is 35.5. The van der Waals surface area contributed by atoms with E-state index < -0.39 is 8.56 Å². The van der Waals surface area contributed by atoms with E-state index in [2.05, 4.69) is 20.0 Å². The van der Waals surface area contributed by atoms with Crippen LogP contribution in [0.3, 0.4) is 0 Å². The third-order valence-corrected chi connectivity index (χ3v) is 4.32. The number of hydrogen-bond acceptors (Lipinski definition) is 2. The number of rotatable bonds is 8. The van der Waals surface area contributed by atoms with Gasteiger partial charge in [0.25, 0.3) is 0 Å². The molecule has 1 unspecified atom stereocenters. The molecular formula is C10H23ClO2Si. The highest BCUT2D eigenvalue weighted by Gasteiger charge is 2.24. The van der Waals surface area contributed by atoms with Gasteiger partial charge in [-0.25, -0.2) is 0 Å². The largest absolute Gasteiger partial charge is 0.395 e. The van der Waals surface area contributed by atoms with E-state index in [1.54, 1.807) is 0 Å². The first kappa shape index (κ1) is 14.4. The number of halogens is 1. The van der Waals surface area contributed by atoms with Crippen LogP contribution in [0, 0.1) is 5.92 Å². The average Bonchev–Trinajstić information content (AvgIpc) is 2.12. The number of hydrogen-bond donors (Lipinski definition) is 0. The molecule has 0 bridgehead atoms. The fourth-order valence-electron chi connectivity index (χ4n) is 1.27. The Bertz CT molecular complexity index is 142. The molecule has 0 aromatic carbocycles. The third-order valence-electron chi connectivity index (χ3n) is 2.25. The van der Waals surface area contributed by atoms with Gasteiger partial charge in [0.15, 0.2) is 0 Å². The van der Waals surface area contributed by atoms with Crippen molar-refractivity contribution < 1.29 is 8.85 Å². The minimum Gasteiger partial charge on any atom is -0.395 e. The molecule has 0 aliphatic heterocycles. The Hall–Kier alpha value is 0.427. The van der Waals surface area contributed by atoms with E-state index in [0.29, 0.717) is 5.92 Å². The van der Waals surface area contributed by atoms with Gasteiger partial charge in [-0.05, 0) is 32.4 Å². The highest BCUT2D eigenvalue weighted by molar-refractivity contribution is 6.64.